The molecule has 0 spiro atoms. The second-order valence-electron chi connectivity index (χ2n) is 4.68. The maximum atomic E-state index is 6.26. The van der Waals surface area contributed by atoms with Crippen LogP contribution in [0.1, 0.15) is 18.5 Å². The molecule has 1 unspecified atom stereocenters. The van der Waals surface area contributed by atoms with Crippen LogP contribution >= 0.6 is 11.6 Å². The Kier molecular flexibility index (Phi) is 4.27. The molecule has 0 saturated carbocycles. The summed E-state index contributed by atoms with van der Waals surface area (Å²) in [6.07, 6.45) is 3.61. The number of hydrogen-bond acceptors (Lipinski definition) is 3. The fourth-order valence-corrected chi connectivity index (χ4v) is 2.40. The molecule has 1 N–H and O–H groups in total. The van der Waals surface area contributed by atoms with E-state index < -0.39 is 0 Å². The van der Waals surface area contributed by atoms with Gasteiger partial charge >= 0.3 is 0 Å². The van der Waals surface area contributed by atoms with Gasteiger partial charge in [0.05, 0.1) is 16.4 Å². The zero-order valence-electron chi connectivity index (χ0n) is 11.4. The molecule has 0 radical (unpaired) electrons. The molecule has 2 rings (SSSR count). The van der Waals surface area contributed by atoms with Gasteiger partial charge in [-0.2, -0.15) is 0 Å². The average Bonchev–Trinajstić information content (AvgIpc) is 2.39. The van der Waals surface area contributed by atoms with Gasteiger partial charge in [0.2, 0.25) is 0 Å². The highest BCUT2D eigenvalue weighted by molar-refractivity contribution is 6.34. The molecule has 1 aromatic carbocycles. The van der Waals surface area contributed by atoms with Crippen molar-refractivity contribution in [2.24, 2.45) is 0 Å². The lowest BCUT2D eigenvalue weighted by Crippen LogP contribution is -2.14. The normalized spacial score (nSPS) is 12.0. The summed E-state index contributed by atoms with van der Waals surface area (Å²) in [5.74, 6) is 0. The number of nitrogens with one attached hydrogen (secondary N) is 1. The van der Waals surface area contributed by atoms with Gasteiger partial charge in [-0.25, -0.2) is 0 Å². The number of hydrogen-bond donors (Lipinski definition) is 1. The highest BCUT2D eigenvalue weighted by Gasteiger charge is 2.12. The molecule has 0 aliphatic carbocycles. The predicted molar refractivity (Wildman–Crippen MR) is 82.1 cm³/mol. The minimum absolute atomic E-state index is 0.195. The number of benzene rings is 1. The van der Waals surface area contributed by atoms with Crippen LogP contribution in [0.4, 0.5) is 11.4 Å². The summed E-state index contributed by atoms with van der Waals surface area (Å²) in [5, 5.41) is 4.24. The van der Waals surface area contributed by atoms with Crippen molar-refractivity contribution in [1.29, 1.82) is 0 Å². The van der Waals surface area contributed by atoms with Gasteiger partial charge in [0.15, 0.2) is 0 Å². The molecule has 19 heavy (non-hydrogen) atoms. The van der Waals surface area contributed by atoms with Crippen LogP contribution in [0.15, 0.2) is 42.7 Å². The molecular weight excluding hydrogens is 258 g/mol. The molecule has 100 valence electrons. The molecule has 1 heterocycles. The van der Waals surface area contributed by atoms with Gasteiger partial charge in [-0.1, -0.05) is 17.7 Å². The minimum atomic E-state index is 0.195. The maximum absolute atomic E-state index is 6.26. The summed E-state index contributed by atoms with van der Waals surface area (Å²) in [4.78, 5) is 6.06. The smallest absolute Gasteiger partial charge is 0.0786 e. The van der Waals surface area contributed by atoms with E-state index in [2.05, 4.69) is 17.2 Å². The van der Waals surface area contributed by atoms with Gasteiger partial charge in [0.25, 0.3) is 0 Å². The third-order valence-electron chi connectivity index (χ3n) is 3.01. The van der Waals surface area contributed by atoms with Crippen molar-refractivity contribution in [3.8, 4) is 0 Å². The van der Waals surface area contributed by atoms with Crippen molar-refractivity contribution in [2.45, 2.75) is 13.0 Å². The molecule has 0 aliphatic rings. The highest BCUT2D eigenvalue weighted by Crippen LogP contribution is 2.34. The van der Waals surface area contributed by atoms with E-state index in [1.807, 2.05) is 49.3 Å². The van der Waals surface area contributed by atoms with Crippen molar-refractivity contribution in [2.75, 3.05) is 24.3 Å². The van der Waals surface area contributed by atoms with Crippen molar-refractivity contribution in [3.63, 3.8) is 0 Å². The molecule has 3 nitrogen and oxygen atoms in total. The van der Waals surface area contributed by atoms with Gasteiger partial charge in [-0.15, -0.1) is 0 Å². The third kappa shape index (κ3) is 3.18. The molecule has 0 fully saturated rings. The van der Waals surface area contributed by atoms with Crippen LogP contribution in [0, 0.1) is 0 Å². The number of rotatable bonds is 4. The van der Waals surface area contributed by atoms with Crippen LogP contribution in [0.2, 0.25) is 5.02 Å². The first kappa shape index (κ1) is 13.7. The maximum Gasteiger partial charge on any atom is 0.0786 e. The predicted octanol–water partition coefficient (Wildman–Crippen LogP) is 3.97. The molecule has 0 aliphatic heterocycles. The standard InChI is InChI=1S/C15H18ClN3/c1-11(12-7-9-17-10-8-12)18-14-6-4-5-13(16)15(14)19(2)3/h4-11,18H,1-3H3. The summed E-state index contributed by atoms with van der Waals surface area (Å²) in [6.45, 7) is 2.12. The van der Waals surface area contributed by atoms with Gasteiger partial charge in [0, 0.05) is 32.5 Å². The quantitative estimate of drug-likeness (QED) is 0.915. The van der Waals surface area contributed by atoms with E-state index in [9.17, 15) is 0 Å². The van der Waals surface area contributed by atoms with E-state index in [0.29, 0.717) is 0 Å². The Morgan fingerprint density at radius 1 is 1.16 bits per heavy atom. The summed E-state index contributed by atoms with van der Waals surface area (Å²) in [6, 6.07) is 10.1. The van der Waals surface area contributed by atoms with E-state index in [1.165, 1.54) is 5.56 Å². The van der Waals surface area contributed by atoms with E-state index in [0.717, 1.165) is 16.4 Å². The number of anilines is 2. The largest absolute Gasteiger partial charge is 0.377 e. The van der Waals surface area contributed by atoms with E-state index in [1.54, 1.807) is 12.4 Å². The van der Waals surface area contributed by atoms with Crippen LogP contribution in [0.25, 0.3) is 0 Å². The van der Waals surface area contributed by atoms with E-state index in [-0.39, 0.29) is 6.04 Å². The highest BCUT2D eigenvalue weighted by atomic mass is 35.5. The fourth-order valence-electron chi connectivity index (χ4n) is 2.06. The molecule has 4 heteroatoms. The number of aromatic nitrogens is 1. The van der Waals surface area contributed by atoms with Crippen molar-refractivity contribution in [3.05, 3.63) is 53.3 Å². The van der Waals surface area contributed by atoms with Crippen LogP contribution < -0.4 is 10.2 Å². The van der Waals surface area contributed by atoms with E-state index >= 15 is 0 Å². The van der Waals surface area contributed by atoms with Gasteiger partial charge in [-0.05, 0) is 36.8 Å². The average molecular weight is 276 g/mol. The summed E-state index contributed by atoms with van der Waals surface area (Å²) in [5.41, 5.74) is 3.23. The minimum Gasteiger partial charge on any atom is -0.377 e. The summed E-state index contributed by atoms with van der Waals surface area (Å²) >= 11 is 6.26. The lowest BCUT2D eigenvalue weighted by molar-refractivity contribution is 0.879. The van der Waals surface area contributed by atoms with Crippen LogP contribution in [0.5, 0.6) is 0 Å². The Bertz CT molecular complexity index is 540. The first-order valence-electron chi connectivity index (χ1n) is 6.22. The van der Waals surface area contributed by atoms with Crippen LogP contribution in [-0.2, 0) is 0 Å². The lowest BCUT2D eigenvalue weighted by Gasteiger charge is -2.23. The molecule has 1 atom stereocenters. The van der Waals surface area contributed by atoms with Crippen molar-refractivity contribution >= 4 is 23.0 Å². The Morgan fingerprint density at radius 2 is 1.84 bits per heavy atom. The topological polar surface area (TPSA) is 28.2 Å². The Labute approximate surface area is 119 Å². The third-order valence-corrected chi connectivity index (χ3v) is 3.32. The van der Waals surface area contributed by atoms with Crippen molar-refractivity contribution < 1.29 is 0 Å². The van der Waals surface area contributed by atoms with Gasteiger partial charge in [0.1, 0.15) is 0 Å². The second kappa shape index (κ2) is 5.93. The van der Waals surface area contributed by atoms with Crippen molar-refractivity contribution in [1.82, 2.24) is 4.98 Å². The molecule has 0 bridgehead atoms. The summed E-state index contributed by atoms with van der Waals surface area (Å²) in [7, 11) is 3.98. The number of para-hydroxylation sites is 1. The zero-order chi connectivity index (χ0) is 13.8. The number of nitrogens with zero attached hydrogens (tertiary/aromatic N) is 2. The molecule has 2 aromatic rings. The molecule has 0 saturated heterocycles. The Hall–Kier alpha value is -1.74. The Balaban J connectivity index is 2.27. The van der Waals surface area contributed by atoms with E-state index in [4.69, 9.17) is 11.6 Å². The fraction of sp³-hybridized carbons (Fsp3) is 0.267. The zero-order valence-corrected chi connectivity index (χ0v) is 12.1. The Morgan fingerprint density at radius 3 is 2.47 bits per heavy atom. The van der Waals surface area contributed by atoms with Crippen LogP contribution in [-0.4, -0.2) is 19.1 Å². The number of halogens is 1. The number of pyridine rings is 1. The second-order valence-corrected chi connectivity index (χ2v) is 5.08. The molecule has 1 aromatic heterocycles. The monoisotopic (exact) mass is 275 g/mol. The SMILES string of the molecule is CC(Nc1cccc(Cl)c1N(C)C)c1ccncc1. The van der Waals surface area contributed by atoms with Crippen LogP contribution in [0.3, 0.4) is 0 Å². The first-order valence-corrected chi connectivity index (χ1v) is 6.59. The van der Waals surface area contributed by atoms with Gasteiger partial charge in [-0.3, -0.25) is 4.98 Å². The summed E-state index contributed by atoms with van der Waals surface area (Å²) < 4.78 is 0. The lowest BCUT2D eigenvalue weighted by atomic mass is 10.1. The molecule has 0 amide bonds. The molecular formula is C15H18ClN3. The first-order chi connectivity index (χ1) is 9.09. The van der Waals surface area contributed by atoms with Gasteiger partial charge < -0.3 is 10.2 Å².